The van der Waals surface area contributed by atoms with Gasteiger partial charge in [-0.15, -0.1) is 0 Å². The first-order valence-electron chi connectivity index (χ1n) is 6.94. The van der Waals surface area contributed by atoms with Gasteiger partial charge in [0.15, 0.2) is 0 Å². The fourth-order valence-corrected chi connectivity index (χ4v) is 2.78. The molecule has 0 saturated heterocycles. The van der Waals surface area contributed by atoms with E-state index in [2.05, 4.69) is 10.6 Å². The minimum Gasteiger partial charge on any atom is -0.325 e. The number of amides is 1. The number of carbonyl (C=O) groups excluding carboxylic acids is 1. The van der Waals surface area contributed by atoms with Crippen molar-refractivity contribution in [1.29, 1.82) is 0 Å². The molecule has 2 N–H and O–H groups in total. The van der Waals surface area contributed by atoms with Crippen molar-refractivity contribution in [2.24, 2.45) is 11.3 Å². The number of nitrogens with one attached hydrogen (secondary N) is 2. The van der Waals surface area contributed by atoms with Crippen molar-refractivity contribution in [2.45, 2.75) is 25.7 Å². The Labute approximate surface area is 112 Å². The Balaban J connectivity index is 1.42. The van der Waals surface area contributed by atoms with Gasteiger partial charge in [-0.05, 0) is 55.2 Å². The van der Waals surface area contributed by atoms with Crippen LogP contribution in [0.3, 0.4) is 0 Å². The average Bonchev–Trinajstić information content (AvgIpc) is 3.23. The van der Waals surface area contributed by atoms with Gasteiger partial charge in [0.05, 0.1) is 6.54 Å². The van der Waals surface area contributed by atoms with E-state index in [1.807, 2.05) is 0 Å². The molecule has 0 spiro atoms. The maximum absolute atomic E-state index is 13.0. The van der Waals surface area contributed by atoms with Gasteiger partial charge in [-0.1, -0.05) is 6.07 Å². The van der Waals surface area contributed by atoms with E-state index in [1.54, 1.807) is 12.1 Å². The van der Waals surface area contributed by atoms with E-state index in [1.165, 1.54) is 37.8 Å². The van der Waals surface area contributed by atoms with E-state index in [-0.39, 0.29) is 11.7 Å². The number of anilines is 1. The van der Waals surface area contributed by atoms with Crippen LogP contribution in [0.1, 0.15) is 25.7 Å². The molecule has 2 aliphatic carbocycles. The number of benzene rings is 1. The molecule has 0 unspecified atom stereocenters. The van der Waals surface area contributed by atoms with Crippen LogP contribution in [0.2, 0.25) is 0 Å². The molecule has 1 aromatic rings. The summed E-state index contributed by atoms with van der Waals surface area (Å²) in [5.74, 6) is 0.444. The third-order valence-corrected chi connectivity index (χ3v) is 4.21. The zero-order chi connectivity index (χ0) is 13.3. The Morgan fingerprint density at radius 2 is 2.16 bits per heavy atom. The highest BCUT2D eigenvalue weighted by Gasteiger charge is 2.53. The molecule has 0 bridgehead atoms. The molecule has 3 nitrogen and oxygen atoms in total. The summed E-state index contributed by atoms with van der Waals surface area (Å²) in [6.45, 7) is 1.24. The van der Waals surface area contributed by atoms with Crippen LogP contribution < -0.4 is 10.6 Å². The summed E-state index contributed by atoms with van der Waals surface area (Å²) in [6, 6.07) is 5.96. The van der Waals surface area contributed by atoms with Crippen molar-refractivity contribution in [2.75, 3.05) is 18.4 Å². The molecule has 19 heavy (non-hydrogen) atoms. The van der Waals surface area contributed by atoms with Crippen LogP contribution in [0.4, 0.5) is 10.1 Å². The van der Waals surface area contributed by atoms with Gasteiger partial charge in [-0.3, -0.25) is 4.79 Å². The van der Waals surface area contributed by atoms with E-state index in [9.17, 15) is 9.18 Å². The van der Waals surface area contributed by atoms with Crippen LogP contribution in [0.5, 0.6) is 0 Å². The SMILES string of the molecule is O=C(CNCC1(C2CC2)CC1)Nc1cccc(F)c1. The molecule has 0 aliphatic heterocycles. The quantitative estimate of drug-likeness (QED) is 0.827. The maximum Gasteiger partial charge on any atom is 0.238 e. The third-order valence-electron chi connectivity index (χ3n) is 4.21. The molecule has 2 fully saturated rings. The van der Waals surface area contributed by atoms with E-state index >= 15 is 0 Å². The second-order valence-electron chi connectivity index (χ2n) is 5.80. The van der Waals surface area contributed by atoms with Crippen molar-refractivity contribution in [3.63, 3.8) is 0 Å². The standard InChI is InChI=1S/C15H19FN2O/c16-12-2-1-3-13(8-12)18-14(19)9-17-10-15(6-7-15)11-4-5-11/h1-3,8,11,17H,4-7,9-10H2,(H,18,19). The molecular weight excluding hydrogens is 243 g/mol. The van der Waals surface area contributed by atoms with E-state index in [4.69, 9.17) is 0 Å². The Kier molecular flexibility index (Phi) is 3.27. The van der Waals surface area contributed by atoms with Gasteiger partial charge < -0.3 is 10.6 Å². The summed E-state index contributed by atoms with van der Waals surface area (Å²) >= 11 is 0. The van der Waals surface area contributed by atoms with Gasteiger partial charge in [-0.25, -0.2) is 4.39 Å². The first kappa shape index (κ1) is 12.6. The number of carbonyl (C=O) groups is 1. The Morgan fingerprint density at radius 1 is 1.37 bits per heavy atom. The van der Waals surface area contributed by atoms with Crippen LogP contribution in [-0.2, 0) is 4.79 Å². The summed E-state index contributed by atoms with van der Waals surface area (Å²) in [5, 5.41) is 5.93. The second kappa shape index (κ2) is 4.93. The third kappa shape index (κ3) is 3.13. The van der Waals surface area contributed by atoms with Crippen molar-refractivity contribution in [3.8, 4) is 0 Å². The molecule has 0 radical (unpaired) electrons. The Morgan fingerprint density at radius 3 is 2.79 bits per heavy atom. The summed E-state index contributed by atoms with van der Waals surface area (Å²) in [5.41, 5.74) is 1.01. The van der Waals surface area contributed by atoms with Crippen molar-refractivity contribution in [1.82, 2.24) is 5.32 Å². The minimum atomic E-state index is -0.337. The molecule has 2 saturated carbocycles. The molecule has 102 valence electrons. The lowest BCUT2D eigenvalue weighted by Gasteiger charge is -2.14. The van der Waals surface area contributed by atoms with Gasteiger partial charge in [0.1, 0.15) is 5.82 Å². The van der Waals surface area contributed by atoms with Crippen LogP contribution >= 0.6 is 0 Å². The van der Waals surface area contributed by atoms with E-state index < -0.39 is 0 Å². The van der Waals surface area contributed by atoms with Gasteiger partial charge in [0.25, 0.3) is 0 Å². The molecule has 1 amide bonds. The lowest BCUT2D eigenvalue weighted by molar-refractivity contribution is -0.115. The zero-order valence-corrected chi connectivity index (χ0v) is 10.9. The number of hydrogen-bond donors (Lipinski definition) is 2. The molecule has 1 aromatic carbocycles. The van der Waals surface area contributed by atoms with Gasteiger partial charge in [-0.2, -0.15) is 0 Å². The largest absolute Gasteiger partial charge is 0.325 e. The molecule has 4 heteroatoms. The fraction of sp³-hybridized carbons (Fsp3) is 0.533. The first-order valence-corrected chi connectivity index (χ1v) is 6.94. The van der Waals surface area contributed by atoms with E-state index in [0.29, 0.717) is 17.6 Å². The highest BCUT2D eigenvalue weighted by atomic mass is 19.1. The normalized spacial score (nSPS) is 20.1. The van der Waals surface area contributed by atoms with E-state index in [0.717, 1.165) is 12.5 Å². The average molecular weight is 262 g/mol. The summed E-state index contributed by atoms with van der Waals surface area (Å²) in [6.07, 6.45) is 5.32. The van der Waals surface area contributed by atoms with Crippen LogP contribution in [-0.4, -0.2) is 19.0 Å². The fourth-order valence-electron chi connectivity index (χ4n) is 2.78. The van der Waals surface area contributed by atoms with Crippen LogP contribution in [0, 0.1) is 17.2 Å². The number of halogens is 1. The predicted octanol–water partition coefficient (Wildman–Crippen LogP) is 2.54. The molecule has 0 aromatic heterocycles. The topological polar surface area (TPSA) is 41.1 Å². The molecule has 3 rings (SSSR count). The van der Waals surface area contributed by atoms with Crippen molar-refractivity contribution < 1.29 is 9.18 Å². The smallest absolute Gasteiger partial charge is 0.238 e. The van der Waals surface area contributed by atoms with Crippen molar-refractivity contribution >= 4 is 11.6 Å². The second-order valence-corrected chi connectivity index (χ2v) is 5.80. The Bertz CT molecular complexity index is 481. The van der Waals surface area contributed by atoms with Gasteiger partial charge in [0, 0.05) is 12.2 Å². The van der Waals surface area contributed by atoms with Crippen LogP contribution in [0.25, 0.3) is 0 Å². The Hall–Kier alpha value is -1.42. The lowest BCUT2D eigenvalue weighted by Crippen LogP contribution is -2.33. The monoisotopic (exact) mass is 262 g/mol. The molecule has 0 heterocycles. The number of rotatable bonds is 6. The highest BCUT2D eigenvalue weighted by molar-refractivity contribution is 5.92. The molecular formula is C15H19FN2O. The summed E-state index contributed by atoms with van der Waals surface area (Å²) in [7, 11) is 0. The highest BCUT2D eigenvalue weighted by Crippen LogP contribution is 2.60. The number of hydrogen-bond acceptors (Lipinski definition) is 2. The first-order chi connectivity index (χ1) is 9.18. The summed E-state index contributed by atoms with van der Waals surface area (Å²) < 4.78 is 13.0. The molecule has 2 aliphatic rings. The summed E-state index contributed by atoms with van der Waals surface area (Å²) in [4.78, 5) is 11.7. The zero-order valence-electron chi connectivity index (χ0n) is 10.9. The van der Waals surface area contributed by atoms with Gasteiger partial charge >= 0.3 is 0 Å². The van der Waals surface area contributed by atoms with Crippen LogP contribution in [0.15, 0.2) is 24.3 Å². The predicted molar refractivity (Wildman–Crippen MR) is 72.3 cm³/mol. The minimum absolute atomic E-state index is 0.114. The van der Waals surface area contributed by atoms with Crippen molar-refractivity contribution in [3.05, 3.63) is 30.1 Å². The lowest BCUT2D eigenvalue weighted by atomic mass is 10.0. The molecule has 0 atom stereocenters. The maximum atomic E-state index is 13.0. The van der Waals surface area contributed by atoms with Gasteiger partial charge in [0.2, 0.25) is 5.91 Å².